The molecule has 0 aromatic heterocycles. The molecule has 2 aliphatic heterocycles. The third kappa shape index (κ3) is 32.0. The number of halogens is 1. The van der Waals surface area contributed by atoms with Gasteiger partial charge in [-0.2, -0.15) is 0 Å². The minimum Gasteiger partial charge on any atom is -0.507 e. The number of phenols is 1. The average molecular weight is 1680 g/mol. The Labute approximate surface area is 669 Å². The Balaban J connectivity index is 1.03. The number of fused-ring (bicyclic) bond motifs is 1. The third-order valence-corrected chi connectivity index (χ3v) is 20.0. The van der Waals surface area contributed by atoms with E-state index in [4.69, 9.17) is 20.6 Å². The summed E-state index contributed by atoms with van der Waals surface area (Å²) in [5, 5.41) is 57.3. The Morgan fingerprint density at radius 3 is 1.81 bits per heavy atom. The van der Waals surface area contributed by atoms with Crippen LogP contribution in [0.1, 0.15) is 89.5 Å². The number of nitrogens with one attached hydrogen (secondary N) is 11. The zero-order chi connectivity index (χ0) is 81.6. The lowest BCUT2D eigenvalue weighted by atomic mass is 10.00. The van der Waals surface area contributed by atoms with E-state index in [0.29, 0.717) is 59.3 Å². The molecule has 34 nitrogen and oxygen atoms in total. The fourth-order valence-electron chi connectivity index (χ4n) is 12.8. The number of aryl methyl sites for hydroxylation is 2. The molecule has 2 saturated heterocycles. The molecule has 0 radical (unpaired) electrons. The van der Waals surface area contributed by atoms with Gasteiger partial charge < -0.3 is 83.5 Å². The smallest absolute Gasteiger partial charge is 0.317 e. The lowest BCUT2D eigenvalue weighted by Gasteiger charge is -2.33. The van der Waals surface area contributed by atoms with Gasteiger partial charge in [-0.3, -0.25) is 87.3 Å². The van der Waals surface area contributed by atoms with Gasteiger partial charge in [0, 0.05) is 123 Å². The highest BCUT2D eigenvalue weighted by molar-refractivity contribution is 14.1. The number of guanidine groups is 1. The average Bonchev–Trinajstić information content (AvgIpc) is 1.46. The fraction of sp³-hybridized carbons (Fsp3) is 0.462. The highest BCUT2D eigenvalue weighted by Gasteiger charge is 2.36. The lowest BCUT2D eigenvalue weighted by Crippen LogP contribution is -2.58. The van der Waals surface area contributed by atoms with Gasteiger partial charge in [-0.25, -0.2) is 0 Å². The summed E-state index contributed by atoms with van der Waals surface area (Å²) in [7, 11) is 1.37. The Morgan fingerprint density at radius 1 is 0.602 bits per heavy atom. The van der Waals surface area contributed by atoms with Gasteiger partial charge in [0.25, 0.3) is 18.9 Å². The number of hydrogen-bond donors (Lipinski definition) is 14. The number of likely N-dealkylation sites (N-methyl/N-ethyl adjacent to an activating group) is 1. The number of amides is 10. The molecule has 7 rings (SSSR count). The van der Waals surface area contributed by atoms with Crippen LogP contribution in [-0.2, 0) is 92.8 Å². The summed E-state index contributed by atoms with van der Waals surface area (Å²) in [5.41, 5.74) is 9.77. The van der Waals surface area contributed by atoms with Gasteiger partial charge in [0.2, 0.25) is 53.2 Å². The Kier molecular flexibility index (Phi) is 37.5. The quantitative estimate of drug-likeness (QED) is 0.00807. The maximum atomic E-state index is 14.9. The molecule has 0 saturated carbocycles. The van der Waals surface area contributed by atoms with Crippen LogP contribution in [0.5, 0.6) is 5.75 Å². The van der Waals surface area contributed by atoms with E-state index in [1.54, 1.807) is 34.1 Å². The van der Waals surface area contributed by atoms with Crippen molar-refractivity contribution < 1.29 is 82.0 Å². The van der Waals surface area contributed by atoms with Crippen molar-refractivity contribution in [2.75, 3.05) is 119 Å². The number of carboxylic acids is 1. The molecule has 2 heterocycles. The first-order valence-electron chi connectivity index (χ1n) is 37.6. The van der Waals surface area contributed by atoms with Crippen molar-refractivity contribution in [3.8, 4) is 5.75 Å². The number of nitrogens with zero attached hydrogens (tertiary/aromatic N) is 5. The van der Waals surface area contributed by atoms with Crippen LogP contribution >= 0.6 is 22.6 Å². The highest BCUT2D eigenvalue weighted by atomic mass is 127. The Morgan fingerprint density at radius 2 is 1.17 bits per heavy atom. The van der Waals surface area contributed by atoms with E-state index in [0.717, 1.165) is 33.2 Å². The number of carbonyl (C=O) groups is 13. The molecule has 0 spiro atoms. The molecule has 5 aromatic rings. The van der Waals surface area contributed by atoms with Crippen LogP contribution in [0.3, 0.4) is 0 Å². The zero-order valence-electron chi connectivity index (χ0n) is 63.6. The predicted octanol–water partition coefficient (Wildman–Crippen LogP) is -0.168. The van der Waals surface area contributed by atoms with Crippen LogP contribution in [0, 0.1) is 15.9 Å². The summed E-state index contributed by atoms with van der Waals surface area (Å²) >= 11 is 1.93. The van der Waals surface area contributed by atoms with Gasteiger partial charge in [-0.05, 0) is 132 Å². The molecule has 610 valence electrons. The minimum atomic E-state index is -1.33. The third-order valence-electron chi connectivity index (χ3n) is 19.1. The largest absolute Gasteiger partial charge is 0.507 e. The molecule has 0 aliphatic carbocycles. The van der Waals surface area contributed by atoms with Gasteiger partial charge in [0.15, 0.2) is 5.96 Å². The monoisotopic (exact) mass is 1680 g/mol. The van der Waals surface area contributed by atoms with E-state index in [-0.39, 0.29) is 173 Å². The summed E-state index contributed by atoms with van der Waals surface area (Å²) in [5.74, 6) is -7.57. The van der Waals surface area contributed by atoms with E-state index in [1.165, 1.54) is 25.2 Å². The Bertz CT molecular complexity index is 4070. The second-order valence-corrected chi connectivity index (χ2v) is 28.9. The molecule has 2 fully saturated rings. The van der Waals surface area contributed by atoms with Gasteiger partial charge >= 0.3 is 5.97 Å². The summed E-state index contributed by atoms with van der Waals surface area (Å²) < 4.78 is 10.5. The SMILES string of the molecule is Cc1ccc(CCCC(=O)NCCNC(=O)CC[C@H](NC(=O)CN2CCN(COC=O)CCN(COC=O)CCN(CC(=O)O)CC2)C(=O)NCc2ccc(C(=O)NCCC[C@@H]3C(=O)N[C@@H](CCCNC(=N)N)C(=O)N[C@@H](Cc4ccc5ccccc5c4)C(=O)NCC(=O)N[C@H](Cc4ccc(O)c(I)c4)C(=O)N3C)cc2)cc1. The second kappa shape index (κ2) is 47.5. The van der Waals surface area contributed by atoms with E-state index in [9.17, 15) is 72.5 Å². The van der Waals surface area contributed by atoms with Gasteiger partial charge in [-0.1, -0.05) is 90.5 Å². The van der Waals surface area contributed by atoms with Crippen molar-refractivity contribution in [1.29, 1.82) is 5.41 Å². The molecular weight excluding hydrogens is 1570 g/mol. The molecule has 35 heteroatoms. The molecule has 0 bridgehead atoms. The van der Waals surface area contributed by atoms with E-state index in [2.05, 4.69) is 53.2 Å². The topological polar surface area (TPSA) is 467 Å². The van der Waals surface area contributed by atoms with Crippen LogP contribution in [0.4, 0.5) is 0 Å². The number of hydrogen-bond acceptors (Lipinski definition) is 21. The summed E-state index contributed by atoms with van der Waals surface area (Å²) in [6, 6.07) is 25.6. The van der Waals surface area contributed by atoms with Crippen molar-refractivity contribution in [2.45, 2.75) is 114 Å². The van der Waals surface area contributed by atoms with E-state index < -0.39 is 95.9 Å². The maximum Gasteiger partial charge on any atom is 0.317 e. The summed E-state index contributed by atoms with van der Waals surface area (Å²) in [4.78, 5) is 183. The minimum absolute atomic E-state index is 0.0159. The van der Waals surface area contributed by atoms with Gasteiger partial charge in [0.05, 0.1) is 23.2 Å². The number of carboxylic acid groups (broad SMARTS) is 1. The zero-order valence-corrected chi connectivity index (χ0v) is 65.8. The molecule has 113 heavy (non-hydrogen) atoms. The molecule has 0 unspecified atom stereocenters. The number of nitrogens with two attached hydrogens (primary N) is 1. The first kappa shape index (κ1) is 89.3. The number of phenolic OH excluding ortho intramolecular Hbond substituents is 1. The number of aromatic hydroxyl groups is 1. The van der Waals surface area contributed by atoms with Crippen molar-refractivity contribution in [3.05, 3.63) is 146 Å². The fourth-order valence-corrected chi connectivity index (χ4v) is 13.4. The standard InChI is InChI=1S/C78H104IN17O17/c1-52-14-16-53(17-15-52)8-5-13-67(100)82-30-31-83-68(101)27-25-62(88-70(103)46-93-32-33-94(47-71(104)105)35-37-96(49-113-51-98)39-38-95(36-34-93)48-112-50-97)73(107)86-44-54-18-23-58(24-19-54)72(106)84-28-7-12-65-76(110)90-61(11-6-29-85-78(80)81)75(109)91-63(42-55-20-22-57-9-3-4-10-59(57)40-55)74(108)87-45-69(102)89-64(77(111)92(65)2)43-56-21-26-66(99)60(79)41-56/h3-4,9-10,14-24,26,40-41,50-51,61-65,99H,5-8,11-13,25,27-39,42-49H2,1-2H3,(H,82,100)(H,83,101)(H,84,106)(H,86,107)(H,87,108)(H,88,103)(H,89,102)(H,90,110)(H,91,109)(H,104,105)(H4,80,81,85)/t61-,62-,63-,64+,65+/m0/s1. The number of aliphatic carboxylic acids is 1. The predicted molar refractivity (Wildman–Crippen MR) is 426 cm³/mol. The van der Waals surface area contributed by atoms with Gasteiger partial charge in [-0.15, -0.1) is 0 Å². The first-order valence-corrected chi connectivity index (χ1v) is 38.6. The number of carbonyl (C=O) groups excluding carboxylic acids is 12. The van der Waals surface area contributed by atoms with E-state index in [1.807, 2.05) is 106 Å². The van der Waals surface area contributed by atoms with Crippen LogP contribution in [-0.4, -0.2) is 268 Å². The molecule has 5 atom stereocenters. The number of ether oxygens (including phenoxy) is 2. The van der Waals surface area contributed by atoms with Crippen LogP contribution in [0.15, 0.2) is 109 Å². The summed E-state index contributed by atoms with van der Waals surface area (Å²) in [6.45, 7) is 3.60. The first-order chi connectivity index (χ1) is 54.3. The molecular formula is C78H104IN17O17. The summed E-state index contributed by atoms with van der Waals surface area (Å²) in [6.07, 6.45) is 1.29. The van der Waals surface area contributed by atoms with Gasteiger partial charge in [0.1, 0.15) is 49.4 Å². The lowest BCUT2D eigenvalue weighted by molar-refractivity contribution is -0.142. The highest BCUT2D eigenvalue weighted by Crippen LogP contribution is 2.23. The number of rotatable bonds is 37. The number of benzene rings is 5. The van der Waals surface area contributed by atoms with Crippen molar-refractivity contribution in [3.63, 3.8) is 0 Å². The molecule has 10 amide bonds. The van der Waals surface area contributed by atoms with Crippen molar-refractivity contribution >= 4 is 117 Å². The van der Waals surface area contributed by atoms with Crippen LogP contribution in [0.2, 0.25) is 0 Å². The van der Waals surface area contributed by atoms with Crippen LogP contribution < -0.4 is 58.9 Å². The molecule has 2 aliphatic rings. The maximum absolute atomic E-state index is 14.9. The normalized spacial score (nSPS) is 17.8. The van der Waals surface area contributed by atoms with E-state index >= 15 is 0 Å². The molecule has 15 N–H and O–H groups in total. The second-order valence-electron chi connectivity index (χ2n) is 27.8. The molecule has 5 aromatic carbocycles. The van der Waals surface area contributed by atoms with Crippen molar-refractivity contribution in [1.82, 2.24) is 77.7 Å². The van der Waals surface area contributed by atoms with Crippen LogP contribution in [0.25, 0.3) is 10.8 Å². The van der Waals surface area contributed by atoms with Crippen molar-refractivity contribution in [2.24, 2.45) is 5.73 Å². The Hall–Kier alpha value is -10.9.